The lowest BCUT2D eigenvalue weighted by Crippen LogP contribution is -2.42. The van der Waals surface area contributed by atoms with Gasteiger partial charge in [0.1, 0.15) is 24.5 Å². The quantitative estimate of drug-likeness (QED) is 0.604. The average molecular weight is 471 g/mol. The summed E-state index contributed by atoms with van der Waals surface area (Å²) < 4.78 is 76.0. The van der Waals surface area contributed by atoms with Crippen molar-refractivity contribution in [2.45, 2.75) is 50.1 Å². The number of pyridine rings is 1. The number of nitrogens with zero attached hydrogens (tertiary/aromatic N) is 3. The molecule has 0 aromatic carbocycles. The highest BCUT2D eigenvalue weighted by atomic mass is 19.3. The summed E-state index contributed by atoms with van der Waals surface area (Å²) in [5, 5.41) is 5.32. The number of nitrogens with one attached hydrogen (secondary N) is 2. The molecule has 4 heterocycles. The Hall–Kier alpha value is -2.89. The van der Waals surface area contributed by atoms with Crippen molar-refractivity contribution in [3.63, 3.8) is 0 Å². The Labute approximate surface area is 186 Å². The molecule has 0 spiro atoms. The van der Waals surface area contributed by atoms with Gasteiger partial charge in [-0.25, -0.2) is 32.3 Å². The smallest absolute Gasteiger partial charge is 0.413 e. The summed E-state index contributed by atoms with van der Waals surface area (Å²) in [5.74, 6) is -3.49. The zero-order chi connectivity index (χ0) is 23.8. The minimum Gasteiger partial charge on any atom is -0.435 e. The van der Waals surface area contributed by atoms with Crippen molar-refractivity contribution in [3.8, 4) is 11.4 Å². The second-order valence-corrected chi connectivity index (χ2v) is 8.12. The Bertz CT molecular complexity index is 1050. The van der Waals surface area contributed by atoms with E-state index in [-0.39, 0.29) is 28.5 Å². The number of fused-ring (bicyclic) bond motifs is 1. The summed E-state index contributed by atoms with van der Waals surface area (Å²) in [6, 6.07) is 2.25. The van der Waals surface area contributed by atoms with E-state index in [4.69, 9.17) is 4.74 Å². The maximum Gasteiger partial charge on any atom is 0.413 e. The molecule has 12 heteroatoms. The van der Waals surface area contributed by atoms with Crippen LogP contribution in [0.15, 0.2) is 18.5 Å². The molecule has 2 aliphatic rings. The number of carbonyl (C=O) groups excluding carboxylic acids is 1. The first-order chi connectivity index (χ1) is 15.7. The van der Waals surface area contributed by atoms with Crippen LogP contribution in [-0.2, 0) is 16.1 Å². The van der Waals surface area contributed by atoms with Gasteiger partial charge in [0.05, 0.1) is 17.0 Å². The SMILES string of the molecule is CCC(F)(F)c1cc(-c2ncnc3c2[C@H](C(F)F)OC(=O)N3)nc(C2(CF)CCNCC2)c1. The van der Waals surface area contributed by atoms with Crippen LogP contribution in [0.25, 0.3) is 11.4 Å². The van der Waals surface area contributed by atoms with E-state index in [1.165, 1.54) is 13.0 Å². The molecule has 2 aliphatic heterocycles. The number of halogens is 5. The van der Waals surface area contributed by atoms with Crippen molar-refractivity contribution in [3.05, 3.63) is 35.3 Å². The van der Waals surface area contributed by atoms with E-state index in [0.29, 0.717) is 25.9 Å². The van der Waals surface area contributed by atoms with Crippen LogP contribution >= 0.6 is 0 Å². The Balaban J connectivity index is 1.95. The summed E-state index contributed by atoms with van der Waals surface area (Å²) in [6.07, 6.45) is -5.12. The molecule has 0 aliphatic carbocycles. The van der Waals surface area contributed by atoms with Crippen LogP contribution in [0.5, 0.6) is 0 Å². The Kier molecular flexibility index (Phi) is 6.21. The number of hydrogen-bond acceptors (Lipinski definition) is 6. The number of amides is 1. The predicted octanol–water partition coefficient (Wildman–Crippen LogP) is 4.50. The molecule has 1 saturated heterocycles. The van der Waals surface area contributed by atoms with Crippen LogP contribution in [0, 0.1) is 0 Å². The van der Waals surface area contributed by atoms with Gasteiger partial charge in [-0.1, -0.05) is 6.92 Å². The highest BCUT2D eigenvalue weighted by Crippen LogP contribution is 2.42. The number of ether oxygens (including phenoxy) is 1. The monoisotopic (exact) mass is 471 g/mol. The number of alkyl halides is 5. The number of hydrogen-bond donors (Lipinski definition) is 2. The standard InChI is InChI=1S/C21H22F5N5O2/c1-2-21(25,26)11-7-12(30-13(8-11)20(9-22)3-5-27-6-4-20)15-14-16(17(23)24)33-19(32)31-18(14)29-10-28-15/h7-8,10,16-17,27H,2-6,9H2,1H3,(H,28,29,31,32)/t16-/m1/s1. The molecule has 1 fully saturated rings. The molecule has 2 aromatic rings. The lowest BCUT2D eigenvalue weighted by Gasteiger charge is -2.35. The molecule has 1 amide bonds. The van der Waals surface area contributed by atoms with Crippen molar-refractivity contribution in [1.82, 2.24) is 20.3 Å². The molecule has 7 nitrogen and oxygen atoms in total. The largest absolute Gasteiger partial charge is 0.435 e. The molecule has 33 heavy (non-hydrogen) atoms. The molecule has 1 atom stereocenters. The van der Waals surface area contributed by atoms with Gasteiger partial charge in [-0.05, 0) is 38.1 Å². The number of carbonyl (C=O) groups is 1. The first-order valence-electron chi connectivity index (χ1n) is 10.5. The molecule has 4 rings (SSSR count). The van der Waals surface area contributed by atoms with Gasteiger partial charge >= 0.3 is 6.09 Å². The van der Waals surface area contributed by atoms with Crippen LogP contribution < -0.4 is 10.6 Å². The number of anilines is 1. The molecule has 0 unspecified atom stereocenters. The molecular formula is C21H22F5N5O2. The number of aromatic nitrogens is 3. The van der Waals surface area contributed by atoms with Crippen molar-refractivity contribution in [2.24, 2.45) is 0 Å². The lowest BCUT2D eigenvalue weighted by molar-refractivity contribution is -0.0170. The van der Waals surface area contributed by atoms with Crippen LogP contribution in [0.3, 0.4) is 0 Å². The molecular weight excluding hydrogens is 449 g/mol. The average Bonchev–Trinajstić information content (AvgIpc) is 2.83. The van der Waals surface area contributed by atoms with Gasteiger partial charge in [-0.2, -0.15) is 0 Å². The van der Waals surface area contributed by atoms with Crippen LogP contribution in [-0.4, -0.2) is 47.2 Å². The van der Waals surface area contributed by atoms with Crippen molar-refractivity contribution in [2.75, 3.05) is 25.1 Å². The molecule has 2 aromatic heterocycles. The lowest BCUT2D eigenvalue weighted by atomic mass is 9.76. The van der Waals surface area contributed by atoms with Gasteiger partial charge in [0.25, 0.3) is 12.3 Å². The highest BCUT2D eigenvalue weighted by Gasteiger charge is 2.41. The van der Waals surface area contributed by atoms with E-state index in [1.54, 1.807) is 0 Å². The third-order valence-electron chi connectivity index (χ3n) is 6.15. The van der Waals surface area contributed by atoms with Crippen LogP contribution in [0.2, 0.25) is 0 Å². The third kappa shape index (κ3) is 4.23. The fraction of sp³-hybridized carbons (Fsp3) is 0.524. The maximum absolute atomic E-state index is 14.8. The van der Waals surface area contributed by atoms with Gasteiger partial charge in [-0.3, -0.25) is 14.7 Å². The minimum atomic E-state index is -3.27. The topological polar surface area (TPSA) is 89.0 Å². The number of rotatable bonds is 6. The fourth-order valence-corrected chi connectivity index (χ4v) is 4.15. The Morgan fingerprint density at radius 2 is 1.97 bits per heavy atom. The van der Waals surface area contributed by atoms with Crippen molar-refractivity contribution < 1.29 is 31.5 Å². The molecule has 0 saturated carbocycles. The van der Waals surface area contributed by atoms with E-state index in [0.717, 1.165) is 12.4 Å². The van der Waals surface area contributed by atoms with Crippen LogP contribution in [0.4, 0.5) is 32.6 Å². The summed E-state index contributed by atoms with van der Waals surface area (Å²) in [7, 11) is 0. The molecule has 0 bridgehead atoms. The van der Waals surface area contributed by atoms with Gasteiger partial charge in [0, 0.05) is 17.4 Å². The summed E-state index contributed by atoms with van der Waals surface area (Å²) >= 11 is 0. The van der Waals surface area contributed by atoms with E-state index in [9.17, 15) is 26.7 Å². The predicted molar refractivity (Wildman–Crippen MR) is 108 cm³/mol. The van der Waals surface area contributed by atoms with Gasteiger partial charge < -0.3 is 10.1 Å². The van der Waals surface area contributed by atoms with Gasteiger partial charge in [0.2, 0.25) is 0 Å². The normalized spacial score (nSPS) is 20.2. The molecule has 178 valence electrons. The van der Waals surface area contributed by atoms with E-state index in [2.05, 4.69) is 25.6 Å². The maximum atomic E-state index is 14.8. The Morgan fingerprint density at radius 1 is 1.24 bits per heavy atom. The summed E-state index contributed by atoms with van der Waals surface area (Å²) in [4.78, 5) is 23.9. The minimum absolute atomic E-state index is 0.105. The third-order valence-corrected chi connectivity index (χ3v) is 6.15. The van der Waals surface area contributed by atoms with E-state index >= 15 is 0 Å². The van der Waals surface area contributed by atoms with Crippen molar-refractivity contribution >= 4 is 11.9 Å². The van der Waals surface area contributed by atoms with E-state index in [1.807, 2.05) is 0 Å². The van der Waals surface area contributed by atoms with E-state index < -0.39 is 48.6 Å². The highest BCUT2D eigenvalue weighted by molar-refractivity contribution is 5.88. The number of piperidine rings is 1. The molecule has 0 radical (unpaired) electrons. The first kappa shape index (κ1) is 23.3. The number of cyclic esters (lactones) is 1. The van der Waals surface area contributed by atoms with Crippen molar-refractivity contribution in [1.29, 1.82) is 0 Å². The summed E-state index contributed by atoms with van der Waals surface area (Å²) in [5.41, 5.74) is -2.02. The molecule has 2 N–H and O–H groups in total. The fourth-order valence-electron chi connectivity index (χ4n) is 4.15. The second kappa shape index (κ2) is 8.81. The van der Waals surface area contributed by atoms with Gasteiger partial charge in [-0.15, -0.1) is 0 Å². The zero-order valence-corrected chi connectivity index (χ0v) is 17.7. The zero-order valence-electron chi connectivity index (χ0n) is 17.7. The first-order valence-corrected chi connectivity index (χ1v) is 10.5. The Morgan fingerprint density at radius 3 is 2.61 bits per heavy atom. The second-order valence-electron chi connectivity index (χ2n) is 8.12. The van der Waals surface area contributed by atoms with Crippen LogP contribution in [0.1, 0.15) is 49.1 Å². The van der Waals surface area contributed by atoms with Gasteiger partial charge in [0.15, 0.2) is 6.10 Å². The summed E-state index contributed by atoms with van der Waals surface area (Å²) in [6.45, 7) is 1.44.